The number of hydrogen-bond acceptors (Lipinski definition) is 4. The van der Waals surface area contributed by atoms with E-state index < -0.39 is 0 Å². The van der Waals surface area contributed by atoms with Crippen molar-refractivity contribution >= 4 is 29.0 Å². The van der Waals surface area contributed by atoms with Crippen LogP contribution in [-0.4, -0.2) is 23.1 Å². The van der Waals surface area contributed by atoms with Gasteiger partial charge >= 0.3 is 0 Å². The van der Waals surface area contributed by atoms with Crippen molar-refractivity contribution < 1.29 is 4.74 Å². The average Bonchev–Trinajstić information content (AvgIpc) is 3.14. The molecular weight excluding hydrogens is 346 g/mol. The van der Waals surface area contributed by atoms with Crippen molar-refractivity contribution in [2.45, 2.75) is 33.3 Å². The Balaban J connectivity index is 0.00000196. The number of halogens is 1. The van der Waals surface area contributed by atoms with E-state index in [1.807, 2.05) is 31.3 Å². The van der Waals surface area contributed by atoms with E-state index in [9.17, 15) is 0 Å². The van der Waals surface area contributed by atoms with Crippen molar-refractivity contribution in [2.24, 2.45) is 0 Å². The summed E-state index contributed by atoms with van der Waals surface area (Å²) in [5, 5.41) is 1.21. The lowest BCUT2D eigenvalue weighted by molar-refractivity contribution is 0.306. The largest absolute Gasteiger partial charge is 0.489 e. The smallest absolute Gasteiger partial charge is 0.122 e. The Morgan fingerprint density at radius 2 is 1.81 bits per heavy atom. The molecule has 1 fully saturated rings. The third-order valence-corrected chi connectivity index (χ3v) is 4.71. The number of rotatable bonds is 4. The minimum atomic E-state index is 0. The fourth-order valence-electron chi connectivity index (χ4n) is 3.38. The molecule has 4 nitrogen and oxygen atoms in total. The second-order valence-corrected chi connectivity index (χ2v) is 6.75. The summed E-state index contributed by atoms with van der Waals surface area (Å²) in [5.41, 5.74) is 5.44. The molecular formula is C21H24ClN3O. The van der Waals surface area contributed by atoms with Gasteiger partial charge < -0.3 is 9.64 Å². The van der Waals surface area contributed by atoms with E-state index >= 15 is 0 Å². The minimum Gasteiger partial charge on any atom is -0.489 e. The molecule has 136 valence electrons. The molecule has 0 amide bonds. The van der Waals surface area contributed by atoms with E-state index in [-0.39, 0.29) is 12.4 Å². The molecule has 1 saturated heterocycles. The molecule has 26 heavy (non-hydrogen) atoms. The first-order valence-corrected chi connectivity index (χ1v) is 8.90. The lowest BCUT2D eigenvalue weighted by Gasteiger charge is -2.20. The summed E-state index contributed by atoms with van der Waals surface area (Å²) in [6, 6.07) is 12.5. The van der Waals surface area contributed by atoms with Crippen LogP contribution in [0.25, 0.3) is 10.9 Å². The molecule has 1 aromatic carbocycles. The lowest BCUT2D eigenvalue weighted by Crippen LogP contribution is -2.18. The maximum Gasteiger partial charge on any atom is 0.122 e. The Hall–Kier alpha value is -2.33. The molecule has 0 bridgehead atoms. The summed E-state index contributed by atoms with van der Waals surface area (Å²) < 4.78 is 5.95. The average molecular weight is 370 g/mol. The zero-order chi connectivity index (χ0) is 17.2. The molecule has 0 radical (unpaired) electrons. The van der Waals surface area contributed by atoms with E-state index in [1.165, 1.54) is 23.9 Å². The van der Waals surface area contributed by atoms with Gasteiger partial charge in [0.25, 0.3) is 0 Å². The van der Waals surface area contributed by atoms with Crippen LogP contribution in [0.2, 0.25) is 0 Å². The van der Waals surface area contributed by atoms with Gasteiger partial charge in [-0.2, -0.15) is 0 Å². The molecule has 0 saturated carbocycles. The maximum absolute atomic E-state index is 5.95. The maximum atomic E-state index is 5.95. The van der Waals surface area contributed by atoms with Gasteiger partial charge in [0, 0.05) is 53.4 Å². The van der Waals surface area contributed by atoms with E-state index in [0.717, 1.165) is 41.3 Å². The fraction of sp³-hybridized carbons (Fsp3) is 0.333. The predicted octanol–water partition coefficient (Wildman–Crippen LogP) is 4.85. The van der Waals surface area contributed by atoms with Crippen molar-refractivity contribution in [1.29, 1.82) is 0 Å². The second-order valence-electron chi connectivity index (χ2n) is 6.75. The quantitative estimate of drug-likeness (QED) is 0.659. The highest BCUT2D eigenvalue weighted by Crippen LogP contribution is 2.31. The minimum absolute atomic E-state index is 0. The van der Waals surface area contributed by atoms with Crippen LogP contribution in [-0.2, 0) is 6.61 Å². The number of pyridine rings is 2. The van der Waals surface area contributed by atoms with Crippen molar-refractivity contribution in [3.8, 4) is 5.75 Å². The Kier molecular flexibility index (Phi) is 5.62. The van der Waals surface area contributed by atoms with Gasteiger partial charge in [-0.3, -0.25) is 9.97 Å². The summed E-state index contributed by atoms with van der Waals surface area (Å²) in [5.74, 6) is 0.846. The Morgan fingerprint density at radius 3 is 2.54 bits per heavy atom. The molecule has 2 aromatic heterocycles. The molecule has 0 N–H and O–H groups in total. The van der Waals surface area contributed by atoms with Crippen LogP contribution in [0, 0.1) is 13.8 Å². The van der Waals surface area contributed by atoms with E-state index in [0.29, 0.717) is 6.61 Å². The van der Waals surface area contributed by atoms with E-state index in [2.05, 4.69) is 35.0 Å². The number of hydrogen-bond donors (Lipinski definition) is 0. The highest BCUT2D eigenvalue weighted by Gasteiger charge is 2.16. The first kappa shape index (κ1) is 18.5. The summed E-state index contributed by atoms with van der Waals surface area (Å²) >= 11 is 0. The molecule has 1 aliphatic rings. The number of ether oxygens (including phenoxy) is 1. The molecule has 0 atom stereocenters. The Morgan fingerprint density at radius 1 is 1.00 bits per heavy atom. The number of nitrogens with zero attached hydrogens (tertiary/aromatic N) is 3. The van der Waals surface area contributed by atoms with Gasteiger partial charge in [0.05, 0.1) is 5.52 Å². The molecule has 0 unspecified atom stereocenters. The predicted molar refractivity (Wildman–Crippen MR) is 108 cm³/mol. The van der Waals surface area contributed by atoms with Gasteiger partial charge in [0.15, 0.2) is 0 Å². The van der Waals surface area contributed by atoms with Crippen LogP contribution < -0.4 is 9.64 Å². The van der Waals surface area contributed by atoms with Crippen LogP contribution in [0.4, 0.5) is 5.69 Å². The monoisotopic (exact) mass is 369 g/mol. The number of aryl methyl sites for hydroxylation is 2. The first-order chi connectivity index (χ1) is 12.2. The SMILES string of the molecule is Cc1ccc(COc2ccc3c(N4CCCC4)cc(C)nc3c2)cn1.Cl. The number of anilines is 1. The molecule has 0 aliphatic carbocycles. The zero-order valence-electron chi connectivity index (χ0n) is 15.2. The molecule has 5 heteroatoms. The van der Waals surface area contributed by atoms with Crippen LogP contribution in [0.1, 0.15) is 29.8 Å². The van der Waals surface area contributed by atoms with Gasteiger partial charge in [-0.05, 0) is 51.0 Å². The Labute approximate surface area is 160 Å². The first-order valence-electron chi connectivity index (χ1n) is 8.90. The second kappa shape index (κ2) is 7.92. The van der Waals surface area contributed by atoms with E-state index in [4.69, 9.17) is 9.72 Å². The lowest BCUT2D eigenvalue weighted by atomic mass is 10.1. The van der Waals surface area contributed by atoms with Crippen LogP contribution in [0.15, 0.2) is 42.6 Å². The fourth-order valence-corrected chi connectivity index (χ4v) is 3.38. The summed E-state index contributed by atoms with van der Waals surface area (Å²) in [6.07, 6.45) is 4.41. The zero-order valence-corrected chi connectivity index (χ0v) is 16.1. The van der Waals surface area contributed by atoms with Gasteiger partial charge in [0.2, 0.25) is 0 Å². The molecule has 1 aliphatic heterocycles. The molecule has 3 heterocycles. The molecule has 4 rings (SSSR count). The van der Waals surface area contributed by atoms with Gasteiger partial charge in [-0.1, -0.05) is 6.07 Å². The number of fused-ring (bicyclic) bond motifs is 1. The van der Waals surface area contributed by atoms with Crippen molar-refractivity contribution in [2.75, 3.05) is 18.0 Å². The normalized spacial score (nSPS) is 13.7. The molecule has 0 spiro atoms. The van der Waals surface area contributed by atoms with Crippen molar-refractivity contribution in [3.05, 3.63) is 59.5 Å². The highest BCUT2D eigenvalue weighted by atomic mass is 35.5. The van der Waals surface area contributed by atoms with Crippen molar-refractivity contribution in [3.63, 3.8) is 0 Å². The number of benzene rings is 1. The van der Waals surface area contributed by atoms with Crippen molar-refractivity contribution in [1.82, 2.24) is 9.97 Å². The van der Waals surface area contributed by atoms with E-state index in [1.54, 1.807) is 0 Å². The van der Waals surface area contributed by atoms with Crippen LogP contribution in [0.3, 0.4) is 0 Å². The van der Waals surface area contributed by atoms with Gasteiger partial charge in [-0.25, -0.2) is 0 Å². The Bertz CT molecular complexity index is 890. The van der Waals surface area contributed by atoms with Crippen LogP contribution >= 0.6 is 12.4 Å². The van der Waals surface area contributed by atoms with Gasteiger partial charge in [-0.15, -0.1) is 12.4 Å². The topological polar surface area (TPSA) is 38.2 Å². The highest BCUT2D eigenvalue weighted by molar-refractivity contribution is 5.93. The third-order valence-electron chi connectivity index (χ3n) is 4.71. The summed E-state index contributed by atoms with van der Waals surface area (Å²) in [7, 11) is 0. The summed E-state index contributed by atoms with van der Waals surface area (Å²) in [4.78, 5) is 11.5. The number of aromatic nitrogens is 2. The van der Waals surface area contributed by atoms with Gasteiger partial charge in [0.1, 0.15) is 12.4 Å². The molecule has 3 aromatic rings. The third kappa shape index (κ3) is 3.91. The summed E-state index contributed by atoms with van der Waals surface area (Å²) in [6.45, 7) is 6.84. The van der Waals surface area contributed by atoms with Crippen LogP contribution in [0.5, 0.6) is 5.75 Å². The standard InChI is InChI=1S/C21H23N3O.ClH/c1-15-5-6-17(13-22-15)14-25-18-7-8-19-20(12-18)23-16(2)11-21(19)24-9-3-4-10-24;/h5-8,11-13H,3-4,9-10,14H2,1-2H3;1H.